The number of hydrogen-bond donors (Lipinski definition) is 1. The van der Waals surface area contributed by atoms with Crippen LogP contribution in [0.25, 0.3) is 0 Å². The van der Waals surface area contributed by atoms with Crippen LogP contribution in [0.2, 0.25) is 0 Å². The minimum absolute atomic E-state index is 0.214. The first-order valence-corrected chi connectivity index (χ1v) is 6.86. The third-order valence-electron chi connectivity index (χ3n) is 3.83. The SMILES string of the molecule is Cc1ccc(C(CCO)c2ccc(C)c(C)c2)cc1. The summed E-state index contributed by atoms with van der Waals surface area (Å²) in [6.45, 7) is 6.59. The second kappa shape index (κ2) is 6.03. The molecule has 2 aromatic carbocycles. The molecule has 1 nitrogen and oxygen atoms in total. The summed E-state index contributed by atoms with van der Waals surface area (Å²) in [5, 5.41) is 9.34. The molecule has 0 fully saturated rings. The molecule has 0 heterocycles. The Morgan fingerprint density at radius 3 is 2.05 bits per heavy atom. The van der Waals surface area contributed by atoms with Crippen LogP contribution < -0.4 is 0 Å². The molecule has 19 heavy (non-hydrogen) atoms. The maximum Gasteiger partial charge on any atom is 0.0440 e. The molecule has 0 aromatic heterocycles. The number of benzene rings is 2. The van der Waals surface area contributed by atoms with E-state index in [0.29, 0.717) is 0 Å². The van der Waals surface area contributed by atoms with E-state index in [1.165, 1.54) is 27.8 Å². The molecule has 0 bridgehead atoms. The fourth-order valence-corrected chi connectivity index (χ4v) is 2.44. The third-order valence-corrected chi connectivity index (χ3v) is 3.83. The summed E-state index contributed by atoms with van der Waals surface area (Å²) >= 11 is 0. The smallest absolute Gasteiger partial charge is 0.0440 e. The molecule has 100 valence electrons. The highest BCUT2D eigenvalue weighted by atomic mass is 16.3. The summed E-state index contributed by atoms with van der Waals surface area (Å²) in [4.78, 5) is 0. The molecule has 1 heteroatoms. The van der Waals surface area contributed by atoms with Gasteiger partial charge in [0.2, 0.25) is 0 Å². The van der Waals surface area contributed by atoms with Crippen LogP contribution in [-0.4, -0.2) is 11.7 Å². The average molecular weight is 254 g/mol. The van der Waals surface area contributed by atoms with E-state index in [2.05, 4.69) is 63.2 Å². The third kappa shape index (κ3) is 3.24. The predicted molar refractivity (Wildman–Crippen MR) is 80.6 cm³/mol. The van der Waals surface area contributed by atoms with Crippen molar-refractivity contribution in [3.8, 4) is 0 Å². The lowest BCUT2D eigenvalue weighted by molar-refractivity contribution is 0.281. The van der Waals surface area contributed by atoms with Crippen LogP contribution in [-0.2, 0) is 0 Å². The lowest BCUT2D eigenvalue weighted by Gasteiger charge is -2.18. The Labute approximate surface area is 115 Å². The summed E-state index contributed by atoms with van der Waals surface area (Å²) in [7, 11) is 0. The van der Waals surface area contributed by atoms with E-state index in [1.807, 2.05) is 0 Å². The average Bonchev–Trinajstić information content (AvgIpc) is 2.41. The molecule has 0 radical (unpaired) electrons. The molecule has 1 unspecified atom stereocenters. The molecule has 0 aliphatic rings. The fraction of sp³-hybridized carbons (Fsp3) is 0.333. The van der Waals surface area contributed by atoms with E-state index in [-0.39, 0.29) is 12.5 Å². The summed E-state index contributed by atoms with van der Waals surface area (Å²) in [6, 6.07) is 15.2. The molecule has 0 aliphatic carbocycles. The van der Waals surface area contributed by atoms with Crippen LogP contribution in [0.1, 0.15) is 40.2 Å². The van der Waals surface area contributed by atoms with Crippen LogP contribution in [0.5, 0.6) is 0 Å². The number of aliphatic hydroxyl groups is 1. The van der Waals surface area contributed by atoms with Crippen molar-refractivity contribution in [1.82, 2.24) is 0 Å². The van der Waals surface area contributed by atoms with Crippen LogP contribution >= 0.6 is 0 Å². The van der Waals surface area contributed by atoms with Crippen molar-refractivity contribution in [2.24, 2.45) is 0 Å². The summed E-state index contributed by atoms with van der Waals surface area (Å²) < 4.78 is 0. The van der Waals surface area contributed by atoms with Gasteiger partial charge in [0.1, 0.15) is 0 Å². The van der Waals surface area contributed by atoms with E-state index < -0.39 is 0 Å². The van der Waals surface area contributed by atoms with Crippen LogP contribution in [0.15, 0.2) is 42.5 Å². The Balaban J connectivity index is 2.38. The molecule has 0 aliphatic heterocycles. The molecule has 0 spiro atoms. The van der Waals surface area contributed by atoms with Crippen molar-refractivity contribution >= 4 is 0 Å². The van der Waals surface area contributed by atoms with E-state index in [0.717, 1.165) is 6.42 Å². The first-order valence-electron chi connectivity index (χ1n) is 6.86. The van der Waals surface area contributed by atoms with Gasteiger partial charge in [0.05, 0.1) is 0 Å². The van der Waals surface area contributed by atoms with Crippen molar-refractivity contribution in [2.45, 2.75) is 33.1 Å². The minimum atomic E-state index is 0.214. The lowest BCUT2D eigenvalue weighted by Crippen LogP contribution is -2.04. The highest BCUT2D eigenvalue weighted by molar-refractivity contribution is 5.38. The Morgan fingerprint density at radius 1 is 0.842 bits per heavy atom. The summed E-state index contributed by atoms with van der Waals surface area (Å²) in [5.74, 6) is 0.282. The zero-order chi connectivity index (χ0) is 13.8. The minimum Gasteiger partial charge on any atom is -0.396 e. The lowest BCUT2D eigenvalue weighted by atomic mass is 9.87. The molecular formula is C18H22O. The number of rotatable bonds is 4. The van der Waals surface area contributed by atoms with E-state index in [1.54, 1.807) is 0 Å². The monoisotopic (exact) mass is 254 g/mol. The molecular weight excluding hydrogens is 232 g/mol. The van der Waals surface area contributed by atoms with Crippen molar-refractivity contribution < 1.29 is 5.11 Å². The van der Waals surface area contributed by atoms with Gasteiger partial charge in [-0.1, -0.05) is 48.0 Å². The normalized spacial score (nSPS) is 12.4. The fourth-order valence-electron chi connectivity index (χ4n) is 2.44. The largest absolute Gasteiger partial charge is 0.396 e. The molecule has 1 atom stereocenters. The first kappa shape index (κ1) is 13.8. The number of aryl methyl sites for hydroxylation is 3. The molecule has 0 saturated carbocycles. The van der Waals surface area contributed by atoms with E-state index in [4.69, 9.17) is 0 Å². The van der Waals surface area contributed by atoms with Gasteiger partial charge in [0, 0.05) is 12.5 Å². The number of hydrogen-bond acceptors (Lipinski definition) is 1. The van der Waals surface area contributed by atoms with Gasteiger partial charge in [-0.25, -0.2) is 0 Å². The highest BCUT2D eigenvalue weighted by Gasteiger charge is 2.14. The van der Waals surface area contributed by atoms with Gasteiger partial charge < -0.3 is 5.11 Å². The Hall–Kier alpha value is -1.60. The zero-order valence-corrected chi connectivity index (χ0v) is 12.0. The second-order valence-corrected chi connectivity index (χ2v) is 5.32. The van der Waals surface area contributed by atoms with Gasteiger partial charge in [0.15, 0.2) is 0 Å². The van der Waals surface area contributed by atoms with Gasteiger partial charge >= 0.3 is 0 Å². The Kier molecular flexibility index (Phi) is 4.39. The topological polar surface area (TPSA) is 20.2 Å². The number of aliphatic hydroxyl groups excluding tert-OH is 1. The molecule has 0 saturated heterocycles. The summed E-state index contributed by atoms with van der Waals surface area (Å²) in [5.41, 5.74) is 6.47. The van der Waals surface area contributed by atoms with E-state index in [9.17, 15) is 5.11 Å². The van der Waals surface area contributed by atoms with Gasteiger partial charge in [0.25, 0.3) is 0 Å². The zero-order valence-electron chi connectivity index (χ0n) is 12.0. The van der Waals surface area contributed by atoms with Gasteiger partial charge in [-0.2, -0.15) is 0 Å². The maximum absolute atomic E-state index is 9.34. The molecule has 2 aromatic rings. The summed E-state index contributed by atoms with van der Waals surface area (Å²) in [6.07, 6.45) is 0.769. The van der Waals surface area contributed by atoms with Crippen LogP contribution in [0, 0.1) is 20.8 Å². The molecule has 0 amide bonds. The highest BCUT2D eigenvalue weighted by Crippen LogP contribution is 2.29. The Morgan fingerprint density at radius 2 is 1.47 bits per heavy atom. The van der Waals surface area contributed by atoms with Crippen molar-refractivity contribution in [1.29, 1.82) is 0 Å². The molecule has 1 N–H and O–H groups in total. The standard InChI is InChI=1S/C18H22O/c1-13-4-7-16(8-5-13)18(10-11-19)17-9-6-14(2)15(3)12-17/h4-9,12,18-19H,10-11H2,1-3H3. The predicted octanol–water partition coefficient (Wildman–Crippen LogP) is 4.13. The van der Waals surface area contributed by atoms with Gasteiger partial charge in [-0.3, -0.25) is 0 Å². The molecule has 2 rings (SSSR count). The van der Waals surface area contributed by atoms with E-state index >= 15 is 0 Å². The van der Waals surface area contributed by atoms with Gasteiger partial charge in [-0.15, -0.1) is 0 Å². The van der Waals surface area contributed by atoms with Crippen molar-refractivity contribution in [2.75, 3.05) is 6.61 Å². The quantitative estimate of drug-likeness (QED) is 0.870. The van der Waals surface area contributed by atoms with Crippen LogP contribution in [0.4, 0.5) is 0 Å². The maximum atomic E-state index is 9.34. The van der Waals surface area contributed by atoms with Gasteiger partial charge in [-0.05, 0) is 49.4 Å². The first-order chi connectivity index (χ1) is 9.11. The van der Waals surface area contributed by atoms with Crippen molar-refractivity contribution in [3.63, 3.8) is 0 Å². The van der Waals surface area contributed by atoms with Crippen LogP contribution in [0.3, 0.4) is 0 Å². The van der Waals surface area contributed by atoms with Crippen molar-refractivity contribution in [3.05, 3.63) is 70.3 Å². The Bertz CT molecular complexity index is 540. The second-order valence-electron chi connectivity index (χ2n) is 5.32.